The number of ether oxygens (including phenoxy) is 5. The molecule has 0 bridgehead atoms. The van der Waals surface area contributed by atoms with E-state index in [0.717, 1.165) is 30.5 Å². The van der Waals surface area contributed by atoms with Crippen molar-refractivity contribution in [3.8, 4) is 0 Å². The van der Waals surface area contributed by atoms with Crippen molar-refractivity contribution >= 4 is 17.5 Å². The molecule has 2 heterocycles. The number of amides is 1. The van der Waals surface area contributed by atoms with Crippen LogP contribution in [-0.2, 0) is 41.7 Å². The van der Waals surface area contributed by atoms with E-state index in [-0.39, 0.29) is 43.6 Å². The van der Waals surface area contributed by atoms with E-state index in [9.17, 15) is 13.6 Å². The van der Waals surface area contributed by atoms with Gasteiger partial charge < -0.3 is 29.0 Å². The van der Waals surface area contributed by atoms with Crippen molar-refractivity contribution in [1.29, 1.82) is 0 Å². The van der Waals surface area contributed by atoms with Gasteiger partial charge in [-0.05, 0) is 50.5 Å². The molecule has 39 heavy (non-hydrogen) atoms. The highest BCUT2D eigenvalue weighted by molar-refractivity contribution is 6.30. The van der Waals surface area contributed by atoms with Crippen LogP contribution in [0.15, 0.2) is 42.5 Å². The Hall–Kier alpha value is -2.14. The Kier molecular flexibility index (Phi) is 8.56. The number of hydrogen-bond donors (Lipinski definition) is 1. The van der Waals surface area contributed by atoms with E-state index < -0.39 is 41.3 Å². The number of carbonyl (C=O) groups excluding carboxylic acids is 1. The summed E-state index contributed by atoms with van der Waals surface area (Å²) in [6.45, 7) is 4.62. The number of rotatable bonds is 9. The maximum Gasteiger partial charge on any atom is 0.252 e. The lowest BCUT2D eigenvalue weighted by Gasteiger charge is -2.43. The number of nitrogens with one attached hydrogen (secondary N) is 1. The summed E-state index contributed by atoms with van der Waals surface area (Å²) in [5.41, 5.74) is -0.403. The van der Waals surface area contributed by atoms with Crippen LogP contribution in [0.25, 0.3) is 0 Å². The molecule has 5 rings (SSSR count). The van der Waals surface area contributed by atoms with E-state index in [4.69, 9.17) is 35.3 Å². The number of hydrogen-bond acceptors (Lipinski definition) is 6. The summed E-state index contributed by atoms with van der Waals surface area (Å²) < 4.78 is 58.7. The molecule has 1 aliphatic carbocycles. The highest BCUT2D eigenvalue weighted by Crippen LogP contribution is 2.44. The third kappa shape index (κ3) is 6.78. The van der Waals surface area contributed by atoms with Gasteiger partial charge in [-0.3, -0.25) is 4.79 Å². The topological polar surface area (TPSA) is 75.3 Å². The van der Waals surface area contributed by atoms with Gasteiger partial charge >= 0.3 is 0 Å². The van der Waals surface area contributed by atoms with E-state index in [1.54, 1.807) is 6.07 Å². The molecule has 2 aliphatic heterocycles. The van der Waals surface area contributed by atoms with Crippen molar-refractivity contribution < 1.29 is 37.3 Å². The first-order chi connectivity index (χ1) is 18.6. The summed E-state index contributed by atoms with van der Waals surface area (Å²) in [7, 11) is 0. The van der Waals surface area contributed by atoms with Gasteiger partial charge in [-0.1, -0.05) is 29.8 Å². The Morgan fingerprint density at radius 1 is 1.13 bits per heavy atom. The standard InChI is InChI=1S/C29H34ClF2NO6/c1-28(2)38-25-14-29(27(34)33-15-22-7-4-10-35-22,37-17-19-8-9-21(31)12-23(19)32)13-24(26(25)39-28)36-16-18-5-3-6-20(30)11-18/h3,5-6,8-9,11-12,22,24-26H,4,7,10,13-17H2,1-2H3,(H,33,34)/t22-,24-,25-,26+,29-/m1/s1. The molecular formula is C29H34ClF2NO6. The van der Waals surface area contributed by atoms with Crippen molar-refractivity contribution in [2.24, 2.45) is 0 Å². The van der Waals surface area contributed by atoms with Gasteiger partial charge in [0.25, 0.3) is 5.91 Å². The second kappa shape index (κ2) is 11.8. The molecule has 0 radical (unpaired) electrons. The first-order valence-electron chi connectivity index (χ1n) is 13.3. The summed E-state index contributed by atoms with van der Waals surface area (Å²) in [4.78, 5) is 13.8. The minimum absolute atomic E-state index is 0.0724. The van der Waals surface area contributed by atoms with Crippen LogP contribution in [0.5, 0.6) is 0 Å². The molecule has 2 aromatic rings. The third-order valence-electron chi connectivity index (χ3n) is 7.45. The molecule has 5 atom stereocenters. The molecule has 3 aliphatic rings. The molecule has 7 nitrogen and oxygen atoms in total. The normalized spacial score (nSPS) is 29.8. The van der Waals surface area contributed by atoms with Crippen LogP contribution in [0.1, 0.15) is 50.7 Å². The van der Waals surface area contributed by atoms with E-state index in [1.807, 2.05) is 32.0 Å². The maximum atomic E-state index is 14.5. The fourth-order valence-electron chi connectivity index (χ4n) is 5.57. The van der Waals surface area contributed by atoms with Gasteiger partial charge in [-0.25, -0.2) is 8.78 Å². The Labute approximate surface area is 232 Å². The number of carbonyl (C=O) groups is 1. The zero-order valence-corrected chi connectivity index (χ0v) is 22.8. The highest BCUT2D eigenvalue weighted by Gasteiger charge is 2.58. The lowest BCUT2D eigenvalue weighted by Crippen LogP contribution is -2.60. The maximum absolute atomic E-state index is 14.5. The summed E-state index contributed by atoms with van der Waals surface area (Å²) in [6.07, 6.45) is 0.528. The zero-order chi connectivity index (χ0) is 27.6. The monoisotopic (exact) mass is 565 g/mol. The molecule has 3 fully saturated rings. The van der Waals surface area contributed by atoms with Gasteiger partial charge in [0.05, 0.1) is 31.5 Å². The van der Waals surface area contributed by atoms with Crippen LogP contribution in [0.2, 0.25) is 5.02 Å². The minimum Gasteiger partial charge on any atom is -0.376 e. The molecule has 0 aromatic heterocycles. The Morgan fingerprint density at radius 2 is 1.97 bits per heavy atom. The summed E-state index contributed by atoms with van der Waals surface area (Å²) in [6, 6.07) is 10.6. The van der Waals surface area contributed by atoms with Crippen molar-refractivity contribution in [1.82, 2.24) is 5.32 Å². The number of benzene rings is 2. The fourth-order valence-corrected chi connectivity index (χ4v) is 5.78. The van der Waals surface area contributed by atoms with Crippen molar-refractivity contribution in [2.45, 2.75) is 88.5 Å². The molecule has 1 saturated carbocycles. The summed E-state index contributed by atoms with van der Waals surface area (Å²) in [5.74, 6) is -2.67. The first kappa shape index (κ1) is 28.4. The van der Waals surface area contributed by atoms with E-state index in [0.29, 0.717) is 18.2 Å². The summed E-state index contributed by atoms with van der Waals surface area (Å²) >= 11 is 6.15. The molecule has 2 saturated heterocycles. The zero-order valence-electron chi connectivity index (χ0n) is 22.1. The lowest BCUT2D eigenvalue weighted by atomic mass is 9.78. The predicted octanol–water partition coefficient (Wildman–Crippen LogP) is 5.07. The van der Waals surface area contributed by atoms with Crippen LogP contribution < -0.4 is 5.32 Å². The smallest absolute Gasteiger partial charge is 0.252 e. The molecule has 0 unspecified atom stereocenters. The average Bonchev–Trinajstić information content (AvgIpc) is 3.51. The molecular weight excluding hydrogens is 532 g/mol. The van der Waals surface area contributed by atoms with Crippen LogP contribution >= 0.6 is 11.6 Å². The molecule has 10 heteroatoms. The Balaban J connectivity index is 1.40. The fraction of sp³-hybridized carbons (Fsp3) is 0.552. The Morgan fingerprint density at radius 3 is 2.72 bits per heavy atom. The second-order valence-electron chi connectivity index (χ2n) is 10.9. The van der Waals surface area contributed by atoms with Crippen molar-refractivity contribution in [3.63, 3.8) is 0 Å². The van der Waals surface area contributed by atoms with Crippen LogP contribution in [0, 0.1) is 11.6 Å². The van der Waals surface area contributed by atoms with Crippen LogP contribution in [0.3, 0.4) is 0 Å². The third-order valence-corrected chi connectivity index (χ3v) is 7.69. The SMILES string of the molecule is CC1(C)O[C@H]2[C@H](OCc3cccc(Cl)c3)C[C@](OCc3ccc(F)cc3F)(C(=O)NC[C@H]3CCCO3)C[C@H]2O1. The number of halogens is 3. The largest absolute Gasteiger partial charge is 0.376 e. The minimum atomic E-state index is -1.41. The highest BCUT2D eigenvalue weighted by atomic mass is 35.5. The quantitative estimate of drug-likeness (QED) is 0.458. The van der Waals surface area contributed by atoms with Crippen molar-refractivity contribution in [2.75, 3.05) is 13.2 Å². The van der Waals surface area contributed by atoms with Crippen LogP contribution in [0.4, 0.5) is 8.78 Å². The van der Waals surface area contributed by atoms with Crippen molar-refractivity contribution in [3.05, 3.63) is 70.2 Å². The molecule has 1 amide bonds. The second-order valence-corrected chi connectivity index (χ2v) is 11.3. The van der Waals surface area contributed by atoms with Gasteiger partial charge in [0.15, 0.2) is 11.4 Å². The van der Waals surface area contributed by atoms with E-state index in [1.165, 1.54) is 6.07 Å². The molecule has 1 N–H and O–H groups in total. The van der Waals surface area contributed by atoms with Crippen LogP contribution in [-0.4, -0.2) is 54.9 Å². The predicted molar refractivity (Wildman–Crippen MR) is 139 cm³/mol. The van der Waals surface area contributed by atoms with Gasteiger partial charge in [0, 0.05) is 42.6 Å². The van der Waals surface area contributed by atoms with Gasteiger partial charge in [-0.15, -0.1) is 0 Å². The summed E-state index contributed by atoms with van der Waals surface area (Å²) in [5, 5.41) is 3.58. The lowest BCUT2D eigenvalue weighted by molar-refractivity contribution is -0.184. The average molecular weight is 566 g/mol. The van der Waals surface area contributed by atoms with Gasteiger partial charge in [-0.2, -0.15) is 0 Å². The molecule has 212 valence electrons. The molecule has 2 aromatic carbocycles. The number of fused-ring (bicyclic) bond motifs is 1. The first-order valence-corrected chi connectivity index (χ1v) is 13.7. The Bertz CT molecular complexity index is 1180. The van der Waals surface area contributed by atoms with E-state index in [2.05, 4.69) is 5.32 Å². The van der Waals surface area contributed by atoms with E-state index >= 15 is 0 Å². The van der Waals surface area contributed by atoms with Gasteiger partial charge in [0.1, 0.15) is 17.7 Å². The molecule has 0 spiro atoms. The van der Waals surface area contributed by atoms with Gasteiger partial charge in [0.2, 0.25) is 0 Å².